The second-order valence-corrected chi connectivity index (χ2v) is 9.24. The number of carbonyl (C=O) groups is 2. The summed E-state index contributed by atoms with van der Waals surface area (Å²) in [4.78, 5) is 30.4. The van der Waals surface area contributed by atoms with E-state index < -0.39 is 12.0 Å². The fraction of sp³-hybridized carbons (Fsp3) is 0.583. The van der Waals surface area contributed by atoms with Gasteiger partial charge in [0.2, 0.25) is 0 Å². The van der Waals surface area contributed by atoms with Crippen molar-refractivity contribution in [2.75, 3.05) is 39.3 Å². The van der Waals surface area contributed by atoms with Crippen molar-refractivity contribution in [2.24, 2.45) is 0 Å². The van der Waals surface area contributed by atoms with Gasteiger partial charge in [-0.3, -0.25) is 4.90 Å². The van der Waals surface area contributed by atoms with Crippen LogP contribution < -0.4 is 10.6 Å². The first-order chi connectivity index (χ1) is 15.5. The van der Waals surface area contributed by atoms with Gasteiger partial charge in [0.25, 0.3) is 0 Å². The number of nitrogens with one attached hydrogen (secondary N) is 2. The molecule has 3 heterocycles. The first-order valence-electron chi connectivity index (χ1n) is 11.7. The van der Waals surface area contributed by atoms with Crippen LogP contribution in [0.25, 0.3) is 0 Å². The fourth-order valence-electron chi connectivity index (χ4n) is 5.08. The Morgan fingerprint density at radius 3 is 2.59 bits per heavy atom. The van der Waals surface area contributed by atoms with Crippen LogP contribution in [0.5, 0.6) is 0 Å². The number of likely N-dealkylation sites (tertiary alicyclic amines) is 2. The molecule has 4 rings (SSSR count). The number of hydrogen-bond donors (Lipinski definition) is 2. The number of amides is 2. The van der Waals surface area contributed by atoms with E-state index in [4.69, 9.17) is 16.3 Å². The van der Waals surface area contributed by atoms with Gasteiger partial charge in [-0.25, -0.2) is 9.59 Å². The number of piperidine rings is 2. The number of carbonyl (C=O) groups excluding carboxylic acids is 2. The van der Waals surface area contributed by atoms with E-state index in [9.17, 15) is 9.59 Å². The maximum atomic E-state index is 13.0. The topological polar surface area (TPSA) is 73.9 Å². The summed E-state index contributed by atoms with van der Waals surface area (Å²) in [6.07, 6.45) is 6.19. The summed E-state index contributed by atoms with van der Waals surface area (Å²) in [7, 11) is 0. The first kappa shape index (κ1) is 23.1. The zero-order valence-electron chi connectivity index (χ0n) is 18.7. The number of rotatable bonds is 6. The van der Waals surface area contributed by atoms with Crippen molar-refractivity contribution >= 4 is 23.6 Å². The lowest BCUT2D eigenvalue weighted by atomic mass is 9.94. The van der Waals surface area contributed by atoms with Crippen molar-refractivity contribution < 1.29 is 14.3 Å². The minimum absolute atomic E-state index is 0.271. The van der Waals surface area contributed by atoms with Crippen LogP contribution in [-0.2, 0) is 9.53 Å². The highest BCUT2D eigenvalue weighted by Crippen LogP contribution is 2.30. The average molecular weight is 461 g/mol. The van der Waals surface area contributed by atoms with Crippen LogP contribution >= 0.6 is 11.6 Å². The molecule has 2 fully saturated rings. The molecule has 3 aliphatic heterocycles. The van der Waals surface area contributed by atoms with E-state index in [0.29, 0.717) is 28.9 Å². The van der Waals surface area contributed by atoms with Crippen LogP contribution in [0.2, 0.25) is 5.02 Å². The highest BCUT2D eigenvalue weighted by molar-refractivity contribution is 6.30. The van der Waals surface area contributed by atoms with Crippen molar-refractivity contribution in [1.82, 2.24) is 20.4 Å². The van der Waals surface area contributed by atoms with Crippen LogP contribution in [-0.4, -0.2) is 67.2 Å². The highest BCUT2D eigenvalue weighted by atomic mass is 35.5. The zero-order chi connectivity index (χ0) is 22.5. The molecule has 2 N–H and O–H groups in total. The van der Waals surface area contributed by atoms with Gasteiger partial charge in [-0.2, -0.15) is 0 Å². The van der Waals surface area contributed by atoms with E-state index in [1.54, 1.807) is 19.1 Å². The average Bonchev–Trinajstić information content (AvgIpc) is 2.80. The second-order valence-electron chi connectivity index (χ2n) is 8.80. The normalized spacial score (nSPS) is 23.6. The van der Waals surface area contributed by atoms with Gasteiger partial charge in [0.1, 0.15) is 0 Å². The molecule has 0 bridgehead atoms. The molecule has 0 radical (unpaired) electrons. The number of esters is 1. The Kier molecular flexibility index (Phi) is 7.71. The van der Waals surface area contributed by atoms with E-state index in [-0.39, 0.29) is 12.6 Å². The molecule has 2 amide bonds. The second kappa shape index (κ2) is 10.7. The van der Waals surface area contributed by atoms with Crippen molar-refractivity contribution in [1.29, 1.82) is 0 Å². The molecule has 7 nitrogen and oxygen atoms in total. The van der Waals surface area contributed by atoms with Crippen LogP contribution in [0.15, 0.2) is 35.5 Å². The van der Waals surface area contributed by atoms with E-state index >= 15 is 0 Å². The third-order valence-electron chi connectivity index (χ3n) is 6.68. The molecule has 0 aliphatic carbocycles. The fourth-order valence-corrected chi connectivity index (χ4v) is 5.28. The summed E-state index contributed by atoms with van der Waals surface area (Å²) in [5, 5.41) is 6.32. The molecule has 174 valence electrons. The van der Waals surface area contributed by atoms with Gasteiger partial charge < -0.3 is 20.3 Å². The van der Waals surface area contributed by atoms with Crippen LogP contribution in [0.3, 0.4) is 0 Å². The van der Waals surface area contributed by atoms with Crippen LogP contribution in [0, 0.1) is 0 Å². The molecule has 0 aromatic heterocycles. The molecule has 1 aromatic rings. The Hall–Kier alpha value is -2.09. The summed E-state index contributed by atoms with van der Waals surface area (Å²) >= 11 is 6.19. The first-order valence-corrected chi connectivity index (χ1v) is 12.1. The van der Waals surface area contributed by atoms with Crippen molar-refractivity contribution in [3.05, 3.63) is 46.1 Å². The summed E-state index contributed by atoms with van der Waals surface area (Å²) in [5.41, 5.74) is 1.83. The Labute approximate surface area is 195 Å². The molecule has 0 saturated carbocycles. The number of nitrogens with zero attached hydrogens (tertiary/aromatic N) is 2. The monoisotopic (exact) mass is 460 g/mol. The Morgan fingerprint density at radius 2 is 1.91 bits per heavy atom. The molecule has 1 aromatic carbocycles. The number of halogens is 1. The number of hydrogen-bond acceptors (Lipinski definition) is 5. The van der Waals surface area contributed by atoms with Gasteiger partial charge >= 0.3 is 12.0 Å². The Morgan fingerprint density at radius 1 is 1.16 bits per heavy atom. The predicted molar refractivity (Wildman–Crippen MR) is 124 cm³/mol. The summed E-state index contributed by atoms with van der Waals surface area (Å²) in [6.45, 7) is 6.90. The molecule has 1 atom stereocenters. The number of benzene rings is 1. The lowest BCUT2D eigenvalue weighted by Gasteiger charge is -2.41. The lowest BCUT2D eigenvalue weighted by Crippen LogP contribution is -2.51. The Bertz CT molecular complexity index is 861. The van der Waals surface area contributed by atoms with Gasteiger partial charge in [-0.15, -0.1) is 0 Å². The van der Waals surface area contributed by atoms with Crippen LogP contribution in [0.4, 0.5) is 4.79 Å². The SMILES string of the molecule is CCOC(=O)C1=C(CN2CCC(N3CCCCC3)CC2)NC(=O)NC1c1cccc(Cl)c1. The maximum Gasteiger partial charge on any atom is 0.338 e. The van der Waals surface area contributed by atoms with Gasteiger partial charge in [-0.05, 0) is 63.4 Å². The van der Waals surface area contributed by atoms with Gasteiger partial charge in [0.05, 0.1) is 18.2 Å². The Balaban J connectivity index is 1.52. The van der Waals surface area contributed by atoms with Crippen molar-refractivity contribution in [3.63, 3.8) is 0 Å². The van der Waals surface area contributed by atoms with Crippen LogP contribution in [0.1, 0.15) is 50.6 Å². The minimum atomic E-state index is -0.595. The van der Waals surface area contributed by atoms with E-state index in [1.807, 2.05) is 12.1 Å². The third-order valence-corrected chi connectivity index (χ3v) is 6.91. The standard InChI is InChI=1S/C24H33ClN4O3/c1-2-32-23(30)21-20(26-24(31)27-22(21)17-7-6-8-18(25)15-17)16-28-13-9-19(10-14-28)29-11-4-3-5-12-29/h6-8,15,19,22H,2-5,9-14,16H2,1H3,(H2,26,27,31). The molecule has 2 saturated heterocycles. The van der Waals surface area contributed by atoms with Crippen molar-refractivity contribution in [2.45, 2.75) is 51.1 Å². The summed E-state index contributed by atoms with van der Waals surface area (Å²) in [6, 6.07) is 6.96. The zero-order valence-corrected chi connectivity index (χ0v) is 19.5. The molecule has 0 spiro atoms. The van der Waals surface area contributed by atoms with E-state index in [2.05, 4.69) is 20.4 Å². The number of ether oxygens (including phenoxy) is 1. The van der Waals surface area contributed by atoms with Gasteiger partial charge in [0.15, 0.2) is 0 Å². The largest absolute Gasteiger partial charge is 0.463 e. The van der Waals surface area contributed by atoms with Gasteiger partial charge in [0, 0.05) is 36.4 Å². The lowest BCUT2D eigenvalue weighted by molar-refractivity contribution is -0.139. The molecule has 3 aliphatic rings. The minimum Gasteiger partial charge on any atom is -0.463 e. The smallest absolute Gasteiger partial charge is 0.338 e. The molecular weight excluding hydrogens is 428 g/mol. The molecular formula is C24H33ClN4O3. The maximum absolute atomic E-state index is 13.0. The molecule has 8 heteroatoms. The summed E-state index contributed by atoms with van der Waals surface area (Å²) < 4.78 is 5.37. The highest BCUT2D eigenvalue weighted by Gasteiger charge is 2.35. The quantitative estimate of drug-likeness (QED) is 0.636. The predicted octanol–water partition coefficient (Wildman–Crippen LogP) is 3.46. The molecule has 32 heavy (non-hydrogen) atoms. The third kappa shape index (κ3) is 5.45. The van der Waals surface area contributed by atoms with E-state index in [0.717, 1.165) is 31.5 Å². The summed E-state index contributed by atoms with van der Waals surface area (Å²) in [5.74, 6) is -0.414. The van der Waals surface area contributed by atoms with Gasteiger partial charge in [-0.1, -0.05) is 30.2 Å². The number of urea groups is 1. The van der Waals surface area contributed by atoms with E-state index in [1.165, 1.54) is 32.4 Å². The molecule has 1 unspecified atom stereocenters. The van der Waals surface area contributed by atoms with Crippen molar-refractivity contribution in [3.8, 4) is 0 Å².